The van der Waals surface area contributed by atoms with Crippen molar-refractivity contribution >= 4 is 35.1 Å². The van der Waals surface area contributed by atoms with E-state index < -0.39 is 0 Å². The van der Waals surface area contributed by atoms with Crippen LogP contribution in [0.5, 0.6) is 0 Å². The third-order valence-electron chi connectivity index (χ3n) is 5.28. The highest BCUT2D eigenvalue weighted by Crippen LogP contribution is 2.25. The first-order chi connectivity index (χ1) is 13.7. The molecule has 0 amide bonds. The smallest absolute Gasteiger partial charge is 0.233 e. The molecule has 2 N–H and O–H groups in total. The van der Waals surface area contributed by atoms with Crippen LogP contribution in [-0.4, -0.2) is 47.3 Å². The molecule has 2 fully saturated rings. The fourth-order valence-electron chi connectivity index (χ4n) is 3.62. The van der Waals surface area contributed by atoms with E-state index in [1.807, 2.05) is 25.1 Å². The van der Waals surface area contributed by atoms with Crippen molar-refractivity contribution in [2.24, 2.45) is 0 Å². The van der Waals surface area contributed by atoms with Crippen LogP contribution in [0.25, 0.3) is 0 Å². The lowest BCUT2D eigenvalue weighted by molar-refractivity contribution is 0.122. The fraction of sp³-hybridized carbons (Fsp3) is 0.550. The van der Waals surface area contributed by atoms with Crippen molar-refractivity contribution in [3.05, 3.63) is 28.8 Å². The van der Waals surface area contributed by atoms with E-state index in [0.717, 1.165) is 37.2 Å². The van der Waals surface area contributed by atoms with Gasteiger partial charge in [-0.15, -0.1) is 0 Å². The van der Waals surface area contributed by atoms with Crippen molar-refractivity contribution < 1.29 is 4.74 Å². The Morgan fingerprint density at radius 3 is 2.54 bits per heavy atom. The molecule has 2 aromatic rings. The molecule has 1 saturated heterocycles. The fourth-order valence-corrected chi connectivity index (χ4v) is 3.80. The molecular formula is C20H27ClN6O. The van der Waals surface area contributed by atoms with Crippen LogP contribution in [0.1, 0.15) is 37.7 Å². The van der Waals surface area contributed by atoms with Gasteiger partial charge in [0.25, 0.3) is 0 Å². The summed E-state index contributed by atoms with van der Waals surface area (Å²) in [7, 11) is 0. The van der Waals surface area contributed by atoms with Crippen molar-refractivity contribution in [3.8, 4) is 0 Å². The first-order valence-electron chi connectivity index (χ1n) is 10.1. The van der Waals surface area contributed by atoms with Gasteiger partial charge < -0.3 is 20.3 Å². The molecule has 1 aromatic carbocycles. The Labute approximate surface area is 170 Å². The second kappa shape index (κ2) is 8.92. The summed E-state index contributed by atoms with van der Waals surface area (Å²) in [5, 5.41) is 7.52. The van der Waals surface area contributed by atoms with Gasteiger partial charge >= 0.3 is 0 Å². The van der Waals surface area contributed by atoms with Crippen LogP contribution in [0.3, 0.4) is 0 Å². The van der Waals surface area contributed by atoms with Gasteiger partial charge in [-0.25, -0.2) is 0 Å². The van der Waals surface area contributed by atoms with E-state index in [1.54, 1.807) is 0 Å². The number of anilines is 4. The number of halogens is 1. The molecule has 8 heteroatoms. The molecule has 2 aliphatic rings. The predicted octanol–water partition coefficient (Wildman–Crippen LogP) is 4.16. The molecule has 0 bridgehead atoms. The van der Waals surface area contributed by atoms with E-state index in [4.69, 9.17) is 21.3 Å². The summed E-state index contributed by atoms with van der Waals surface area (Å²) < 4.78 is 5.46. The number of aromatic nitrogens is 3. The van der Waals surface area contributed by atoms with E-state index in [2.05, 4.69) is 25.5 Å². The Balaban J connectivity index is 1.59. The molecule has 0 spiro atoms. The average molecular weight is 403 g/mol. The number of nitrogens with one attached hydrogen (secondary N) is 2. The monoisotopic (exact) mass is 402 g/mol. The number of hydrogen-bond donors (Lipinski definition) is 2. The quantitative estimate of drug-likeness (QED) is 0.777. The minimum Gasteiger partial charge on any atom is -0.378 e. The zero-order valence-electron chi connectivity index (χ0n) is 16.2. The number of benzene rings is 1. The van der Waals surface area contributed by atoms with Gasteiger partial charge in [0.05, 0.1) is 13.2 Å². The summed E-state index contributed by atoms with van der Waals surface area (Å²) in [5.74, 6) is 1.83. The maximum atomic E-state index is 6.27. The Morgan fingerprint density at radius 2 is 1.79 bits per heavy atom. The number of morpholine rings is 1. The van der Waals surface area contributed by atoms with Crippen molar-refractivity contribution in [3.63, 3.8) is 0 Å². The summed E-state index contributed by atoms with van der Waals surface area (Å²) in [6, 6.07) is 6.28. The van der Waals surface area contributed by atoms with Gasteiger partial charge in [-0.05, 0) is 37.5 Å². The number of rotatable bonds is 5. The Morgan fingerprint density at radius 1 is 1.04 bits per heavy atom. The van der Waals surface area contributed by atoms with E-state index in [1.165, 1.54) is 19.3 Å². The average Bonchev–Trinajstić information content (AvgIpc) is 2.72. The summed E-state index contributed by atoms with van der Waals surface area (Å²) in [6.45, 7) is 4.92. The number of nitrogens with zero attached hydrogens (tertiary/aromatic N) is 4. The maximum absolute atomic E-state index is 6.27. The van der Waals surface area contributed by atoms with Crippen molar-refractivity contribution in [1.29, 1.82) is 0 Å². The van der Waals surface area contributed by atoms with Crippen LogP contribution in [0.2, 0.25) is 5.02 Å². The molecule has 1 aliphatic heterocycles. The van der Waals surface area contributed by atoms with Crippen molar-refractivity contribution in [1.82, 2.24) is 15.0 Å². The lowest BCUT2D eigenvalue weighted by atomic mass is 9.96. The zero-order chi connectivity index (χ0) is 19.3. The molecule has 0 atom stereocenters. The second-order valence-corrected chi connectivity index (χ2v) is 7.86. The summed E-state index contributed by atoms with van der Waals surface area (Å²) in [5.41, 5.74) is 1.90. The van der Waals surface area contributed by atoms with Gasteiger partial charge in [0.15, 0.2) is 0 Å². The second-order valence-electron chi connectivity index (χ2n) is 7.45. The van der Waals surface area contributed by atoms with E-state index in [-0.39, 0.29) is 0 Å². The van der Waals surface area contributed by atoms with E-state index in [9.17, 15) is 0 Å². The topological polar surface area (TPSA) is 75.2 Å². The molecule has 2 heterocycles. The van der Waals surface area contributed by atoms with Gasteiger partial charge in [0, 0.05) is 29.8 Å². The third kappa shape index (κ3) is 4.83. The standard InChI is InChI=1S/C20H27ClN6O/c1-14-7-8-16(13-17(14)21)23-19-24-18(22-15-5-3-2-4-6-15)25-20(26-19)27-9-11-28-12-10-27/h7-8,13,15H,2-6,9-12H2,1H3,(H2,22,23,24,25,26). The highest BCUT2D eigenvalue weighted by Gasteiger charge is 2.19. The molecule has 7 nitrogen and oxygen atoms in total. The summed E-state index contributed by atoms with van der Waals surface area (Å²) >= 11 is 6.27. The van der Waals surface area contributed by atoms with Gasteiger partial charge in [-0.2, -0.15) is 15.0 Å². The molecule has 4 rings (SSSR count). The summed E-state index contributed by atoms with van der Waals surface area (Å²) in [4.78, 5) is 16.1. The van der Waals surface area contributed by atoms with Gasteiger partial charge in [-0.3, -0.25) is 0 Å². The Hall–Kier alpha value is -2.12. The maximum Gasteiger partial charge on any atom is 0.233 e. The normalized spacial score (nSPS) is 18.1. The van der Waals surface area contributed by atoms with Gasteiger partial charge in [-0.1, -0.05) is 36.9 Å². The van der Waals surface area contributed by atoms with Crippen LogP contribution in [-0.2, 0) is 4.74 Å². The molecule has 1 aliphatic carbocycles. The number of hydrogen-bond acceptors (Lipinski definition) is 7. The Bertz CT molecular complexity index is 805. The van der Waals surface area contributed by atoms with Crippen molar-refractivity contribution in [2.45, 2.75) is 45.1 Å². The van der Waals surface area contributed by atoms with Gasteiger partial charge in [0.1, 0.15) is 0 Å². The first kappa shape index (κ1) is 19.2. The zero-order valence-corrected chi connectivity index (χ0v) is 17.0. The van der Waals surface area contributed by atoms with Crippen LogP contribution < -0.4 is 15.5 Å². The lowest BCUT2D eigenvalue weighted by Gasteiger charge is -2.28. The minimum absolute atomic E-state index is 0.426. The first-order valence-corrected chi connectivity index (χ1v) is 10.4. The largest absolute Gasteiger partial charge is 0.378 e. The molecule has 1 saturated carbocycles. The highest BCUT2D eigenvalue weighted by molar-refractivity contribution is 6.31. The Kier molecular flexibility index (Phi) is 6.12. The number of ether oxygens (including phenoxy) is 1. The van der Waals surface area contributed by atoms with E-state index >= 15 is 0 Å². The minimum atomic E-state index is 0.426. The molecule has 0 unspecified atom stereocenters. The molecule has 150 valence electrons. The molecule has 28 heavy (non-hydrogen) atoms. The van der Waals surface area contributed by atoms with Crippen LogP contribution in [0.15, 0.2) is 18.2 Å². The predicted molar refractivity (Wildman–Crippen MR) is 113 cm³/mol. The summed E-state index contributed by atoms with van der Waals surface area (Å²) in [6.07, 6.45) is 6.15. The highest BCUT2D eigenvalue weighted by atomic mass is 35.5. The van der Waals surface area contributed by atoms with Crippen LogP contribution >= 0.6 is 11.6 Å². The van der Waals surface area contributed by atoms with E-state index in [0.29, 0.717) is 42.1 Å². The molecule has 1 aromatic heterocycles. The molecular weight excluding hydrogens is 376 g/mol. The molecule has 0 radical (unpaired) electrons. The van der Waals surface area contributed by atoms with Crippen LogP contribution in [0, 0.1) is 6.92 Å². The third-order valence-corrected chi connectivity index (χ3v) is 5.69. The number of aryl methyl sites for hydroxylation is 1. The lowest BCUT2D eigenvalue weighted by Crippen LogP contribution is -2.37. The van der Waals surface area contributed by atoms with Crippen LogP contribution in [0.4, 0.5) is 23.5 Å². The van der Waals surface area contributed by atoms with Crippen molar-refractivity contribution in [2.75, 3.05) is 41.8 Å². The van der Waals surface area contributed by atoms with Gasteiger partial charge in [0.2, 0.25) is 17.8 Å². The SMILES string of the molecule is Cc1ccc(Nc2nc(NC3CCCCC3)nc(N3CCOCC3)n2)cc1Cl.